The topological polar surface area (TPSA) is 86.9 Å². The third-order valence-electron chi connectivity index (χ3n) is 5.70. The average Bonchev–Trinajstić information content (AvgIpc) is 3.25. The van der Waals surface area contributed by atoms with Crippen LogP contribution in [0.1, 0.15) is 46.2 Å². The van der Waals surface area contributed by atoms with Gasteiger partial charge < -0.3 is 15.6 Å². The molecule has 1 heterocycles. The van der Waals surface area contributed by atoms with Gasteiger partial charge in [0.1, 0.15) is 5.82 Å². The van der Waals surface area contributed by atoms with Gasteiger partial charge in [-0.05, 0) is 60.4 Å². The molecule has 0 spiro atoms. The number of rotatable bonds is 8. The number of carbonyl (C=O) groups excluding carboxylic acids is 2. The summed E-state index contributed by atoms with van der Waals surface area (Å²) in [6.07, 6.45) is 2.04. The van der Waals surface area contributed by atoms with E-state index in [1.807, 2.05) is 80.6 Å². The Morgan fingerprint density at radius 2 is 1.76 bits per heavy atom. The largest absolute Gasteiger partial charge is 0.348 e. The SMILES string of the molecule is CCC(=O)Nc1ccc(CCc2nc3ccc(C(=O)NCc4ccccc4C)cc3[nH]2)cc1. The molecule has 0 saturated carbocycles. The Bertz CT molecular complexity index is 1280. The number of aryl methyl sites for hydroxylation is 3. The Morgan fingerprint density at radius 1 is 0.970 bits per heavy atom. The Labute approximate surface area is 193 Å². The third kappa shape index (κ3) is 5.66. The fraction of sp³-hybridized carbons (Fsp3) is 0.222. The van der Waals surface area contributed by atoms with E-state index in [9.17, 15) is 9.59 Å². The second-order valence-electron chi connectivity index (χ2n) is 8.12. The fourth-order valence-electron chi connectivity index (χ4n) is 3.67. The molecule has 6 nitrogen and oxygen atoms in total. The lowest BCUT2D eigenvalue weighted by Gasteiger charge is -2.08. The van der Waals surface area contributed by atoms with Crippen LogP contribution in [0.15, 0.2) is 66.7 Å². The lowest BCUT2D eigenvalue weighted by atomic mass is 10.1. The van der Waals surface area contributed by atoms with Gasteiger partial charge in [-0.1, -0.05) is 43.3 Å². The minimum absolute atomic E-state index is 0.00764. The molecule has 3 N–H and O–H groups in total. The monoisotopic (exact) mass is 440 g/mol. The summed E-state index contributed by atoms with van der Waals surface area (Å²) in [6, 6.07) is 21.4. The molecule has 0 aliphatic carbocycles. The lowest BCUT2D eigenvalue weighted by Crippen LogP contribution is -2.23. The van der Waals surface area contributed by atoms with E-state index in [0.717, 1.165) is 46.5 Å². The van der Waals surface area contributed by atoms with Gasteiger partial charge in [0.2, 0.25) is 5.91 Å². The van der Waals surface area contributed by atoms with Crippen molar-refractivity contribution < 1.29 is 9.59 Å². The minimum Gasteiger partial charge on any atom is -0.348 e. The quantitative estimate of drug-likeness (QED) is 0.363. The number of carbonyl (C=O) groups is 2. The second kappa shape index (κ2) is 10.1. The van der Waals surface area contributed by atoms with Crippen molar-refractivity contribution in [3.8, 4) is 0 Å². The highest BCUT2D eigenvalue weighted by molar-refractivity contribution is 5.97. The first-order valence-electron chi connectivity index (χ1n) is 11.2. The maximum atomic E-state index is 12.6. The molecule has 0 saturated heterocycles. The smallest absolute Gasteiger partial charge is 0.251 e. The number of imidazole rings is 1. The molecule has 0 atom stereocenters. The summed E-state index contributed by atoms with van der Waals surface area (Å²) in [7, 11) is 0. The number of aromatic nitrogens is 2. The van der Waals surface area contributed by atoms with Crippen LogP contribution in [0.2, 0.25) is 0 Å². The van der Waals surface area contributed by atoms with Crippen LogP contribution in [0.5, 0.6) is 0 Å². The molecule has 0 unspecified atom stereocenters. The summed E-state index contributed by atoms with van der Waals surface area (Å²) in [5, 5.41) is 5.85. The molecule has 33 heavy (non-hydrogen) atoms. The Morgan fingerprint density at radius 3 is 2.52 bits per heavy atom. The van der Waals surface area contributed by atoms with E-state index >= 15 is 0 Å². The highest BCUT2D eigenvalue weighted by Gasteiger charge is 2.10. The fourth-order valence-corrected chi connectivity index (χ4v) is 3.67. The van der Waals surface area contributed by atoms with Crippen molar-refractivity contribution in [3.05, 3.63) is 94.8 Å². The van der Waals surface area contributed by atoms with Gasteiger partial charge in [0.05, 0.1) is 11.0 Å². The zero-order valence-electron chi connectivity index (χ0n) is 18.9. The highest BCUT2D eigenvalue weighted by atomic mass is 16.2. The Hall–Kier alpha value is -3.93. The molecule has 0 fully saturated rings. The average molecular weight is 441 g/mol. The van der Waals surface area contributed by atoms with E-state index in [1.165, 1.54) is 5.56 Å². The maximum absolute atomic E-state index is 12.6. The zero-order chi connectivity index (χ0) is 23.2. The van der Waals surface area contributed by atoms with Crippen LogP contribution >= 0.6 is 0 Å². The molecule has 6 heteroatoms. The van der Waals surface area contributed by atoms with E-state index in [4.69, 9.17) is 0 Å². The summed E-state index contributed by atoms with van der Waals surface area (Å²) in [4.78, 5) is 32.1. The summed E-state index contributed by atoms with van der Waals surface area (Å²) in [5.41, 5.74) is 6.55. The molecule has 4 aromatic rings. The Kier molecular flexibility index (Phi) is 6.83. The first kappa shape index (κ1) is 22.3. The summed E-state index contributed by atoms with van der Waals surface area (Å²) in [6.45, 7) is 4.37. The van der Waals surface area contributed by atoms with Crippen LogP contribution in [0, 0.1) is 6.92 Å². The number of anilines is 1. The van der Waals surface area contributed by atoms with Gasteiger partial charge in [-0.3, -0.25) is 9.59 Å². The van der Waals surface area contributed by atoms with Crippen molar-refractivity contribution >= 4 is 28.5 Å². The van der Waals surface area contributed by atoms with E-state index in [0.29, 0.717) is 18.5 Å². The number of nitrogens with zero attached hydrogens (tertiary/aromatic N) is 1. The number of benzene rings is 3. The second-order valence-corrected chi connectivity index (χ2v) is 8.12. The highest BCUT2D eigenvalue weighted by Crippen LogP contribution is 2.17. The van der Waals surface area contributed by atoms with Crippen LogP contribution in [0.25, 0.3) is 11.0 Å². The van der Waals surface area contributed by atoms with Gasteiger partial charge >= 0.3 is 0 Å². The predicted molar refractivity (Wildman–Crippen MR) is 131 cm³/mol. The van der Waals surface area contributed by atoms with Crippen LogP contribution in [-0.2, 0) is 24.2 Å². The third-order valence-corrected chi connectivity index (χ3v) is 5.70. The van der Waals surface area contributed by atoms with Gasteiger partial charge in [0.15, 0.2) is 0 Å². The van der Waals surface area contributed by atoms with Crippen LogP contribution < -0.4 is 10.6 Å². The maximum Gasteiger partial charge on any atom is 0.251 e. The van der Waals surface area contributed by atoms with E-state index in [2.05, 4.69) is 20.6 Å². The van der Waals surface area contributed by atoms with Crippen molar-refractivity contribution in [2.24, 2.45) is 0 Å². The first-order chi connectivity index (χ1) is 16.0. The van der Waals surface area contributed by atoms with Crippen molar-refractivity contribution in [3.63, 3.8) is 0 Å². The van der Waals surface area contributed by atoms with E-state index in [-0.39, 0.29) is 11.8 Å². The number of amides is 2. The number of hydrogen-bond acceptors (Lipinski definition) is 3. The molecule has 3 aromatic carbocycles. The number of aromatic amines is 1. The molecule has 4 rings (SSSR count). The first-order valence-corrected chi connectivity index (χ1v) is 11.2. The molecule has 168 valence electrons. The summed E-state index contributed by atoms with van der Waals surface area (Å²) in [5.74, 6) is 0.783. The number of H-pyrrole nitrogens is 1. The van der Waals surface area contributed by atoms with Gasteiger partial charge in [-0.15, -0.1) is 0 Å². The predicted octanol–water partition coefficient (Wildman–Crippen LogP) is 4.94. The van der Waals surface area contributed by atoms with Gasteiger partial charge in [-0.2, -0.15) is 0 Å². The van der Waals surface area contributed by atoms with Crippen molar-refractivity contribution in [1.82, 2.24) is 15.3 Å². The molecular weight excluding hydrogens is 412 g/mol. The van der Waals surface area contributed by atoms with Gasteiger partial charge in [0, 0.05) is 30.6 Å². The van der Waals surface area contributed by atoms with Gasteiger partial charge in [0.25, 0.3) is 5.91 Å². The summed E-state index contributed by atoms with van der Waals surface area (Å²) < 4.78 is 0. The van der Waals surface area contributed by atoms with E-state index in [1.54, 1.807) is 0 Å². The minimum atomic E-state index is -0.105. The molecular formula is C27H28N4O2. The standard InChI is InChI=1S/C27H28N4O2/c1-3-26(32)29-22-12-8-19(9-13-22)10-15-25-30-23-14-11-20(16-24(23)31-25)27(33)28-17-21-7-5-4-6-18(21)2/h4-9,11-14,16H,3,10,15,17H2,1-2H3,(H,28,33)(H,29,32)(H,30,31). The summed E-state index contributed by atoms with van der Waals surface area (Å²) >= 11 is 0. The van der Waals surface area contributed by atoms with Crippen LogP contribution in [0.4, 0.5) is 5.69 Å². The molecule has 0 radical (unpaired) electrons. The van der Waals surface area contributed by atoms with E-state index < -0.39 is 0 Å². The number of hydrogen-bond donors (Lipinski definition) is 3. The van der Waals surface area contributed by atoms with Crippen LogP contribution in [-0.4, -0.2) is 21.8 Å². The normalized spacial score (nSPS) is 10.8. The number of nitrogens with one attached hydrogen (secondary N) is 3. The molecule has 2 amide bonds. The molecule has 0 aliphatic rings. The van der Waals surface area contributed by atoms with Crippen molar-refractivity contribution in [1.29, 1.82) is 0 Å². The molecule has 0 bridgehead atoms. The molecule has 1 aromatic heterocycles. The van der Waals surface area contributed by atoms with Gasteiger partial charge in [-0.25, -0.2) is 4.98 Å². The van der Waals surface area contributed by atoms with Crippen molar-refractivity contribution in [2.75, 3.05) is 5.32 Å². The zero-order valence-corrected chi connectivity index (χ0v) is 18.9. The lowest BCUT2D eigenvalue weighted by molar-refractivity contribution is -0.115. The van der Waals surface area contributed by atoms with Crippen LogP contribution in [0.3, 0.4) is 0 Å². The van der Waals surface area contributed by atoms with Crippen molar-refractivity contribution in [2.45, 2.75) is 39.7 Å². The number of fused-ring (bicyclic) bond motifs is 1. The molecule has 0 aliphatic heterocycles. The Balaban J connectivity index is 1.37.